The molecule has 1 heterocycles. The number of aryl methyl sites for hydroxylation is 2. The number of aromatic nitrogens is 1. The minimum atomic E-state index is 0.239. The average molecular weight is 281 g/mol. The predicted octanol–water partition coefficient (Wildman–Crippen LogP) is 3.70. The maximum Gasteiger partial charge on any atom is 0.0937 e. The standard InChI is InChI=1S/C14H17ClN2S/c1-9-10(2)18-14(17-9)7-11(8-16)12-5-3-4-6-13(12)15/h3-6,11H,7-8,16H2,1-2H3. The number of benzene rings is 1. The molecular formula is C14H17ClN2S. The highest BCUT2D eigenvalue weighted by molar-refractivity contribution is 7.11. The molecule has 0 bridgehead atoms. The van der Waals surface area contributed by atoms with Gasteiger partial charge in [0, 0.05) is 22.2 Å². The molecule has 1 atom stereocenters. The van der Waals surface area contributed by atoms with Crippen LogP contribution in [0, 0.1) is 13.8 Å². The fraction of sp³-hybridized carbons (Fsp3) is 0.357. The van der Waals surface area contributed by atoms with E-state index in [1.165, 1.54) is 4.88 Å². The molecule has 2 aromatic rings. The quantitative estimate of drug-likeness (QED) is 0.927. The Morgan fingerprint density at radius 2 is 2.06 bits per heavy atom. The summed E-state index contributed by atoms with van der Waals surface area (Å²) in [5.74, 6) is 0.239. The van der Waals surface area contributed by atoms with Crippen molar-refractivity contribution >= 4 is 22.9 Å². The summed E-state index contributed by atoms with van der Waals surface area (Å²) in [6.45, 7) is 4.73. The maximum absolute atomic E-state index is 6.23. The zero-order chi connectivity index (χ0) is 13.1. The van der Waals surface area contributed by atoms with Crippen molar-refractivity contribution in [3.63, 3.8) is 0 Å². The predicted molar refractivity (Wildman–Crippen MR) is 78.5 cm³/mol. The smallest absolute Gasteiger partial charge is 0.0937 e. The molecule has 0 aliphatic heterocycles. The van der Waals surface area contributed by atoms with Gasteiger partial charge in [-0.25, -0.2) is 4.98 Å². The second-order valence-corrected chi connectivity index (χ2v) is 6.10. The third-order valence-electron chi connectivity index (χ3n) is 3.12. The fourth-order valence-electron chi connectivity index (χ4n) is 1.96. The molecule has 1 aromatic carbocycles. The van der Waals surface area contributed by atoms with Gasteiger partial charge in [0.15, 0.2) is 0 Å². The molecule has 0 saturated heterocycles. The summed E-state index contributed by atoms with van der Waals surface area (Å²) in [4.78, 5) is 5.85. The van der Waals surface area contributed by atoms with E-state index in [-0.39, 0.29) is 5.92 Å². The van der Waals surface area contributed by atoms with Gasteiger partial charge in [-0.2, -0.15) is 0 Å². The van der Waals surface area contributed by atoms with Gasteiger partial charge in [-0.1, -0.05) is 29.8 Å². The van der Waals surface area contributed by atoms with Crippen molar-refractivity contribution in [2.75, 3.05) is 6.54 Å². The molecular weight excluding hydrogens is 264 g/mol. The molecule has 0 amide bonds. The van der Waals surface area contributed by atoms with Crippen molar-refractivity contribution in [1.82, 2.24) is 4.98 Å². The number of hydrogen-bond acceptors (Lipinski definition) is 3. The van der Waals surface area contributed by atoms with Crippen LogP contribution in [-0.2, 0) is 6.42 Å². The van der Waals surface area contributed by atoms with Crippen molar-refractivity contribution in [3.8, 4) is 0 Å². The van der Waals surface area contributed by atoms with Crippen LogP contribution in [0.5, 0.6) is 0 Å². The molecule has 0 aliphatic carbocycles. The van der Waals surface area contributed by atoms with Gasteiger partial charge in [0.05, 0.1) is 10.7 Å². The van der Waals surface area contributed by atoms with E-state index in [1.807, 2.05) is 31.2 Å². The zero-order valence-electron chi connectivity index (χ0n) is 10.6. The Morgan fingerprint density at radius 3 is 2.61 bits per heavy atom. The van der Waals surface area contributed by atoms with Crippen LogP contribution in [0.2, 0.25) is 5.02 Å². The summed E-state index contributed by atoms with van der Waals surface area (Å²) < 4.78 is 0. The van der Waals surface area contributed by atoms with Crippen LogP contribution in [0.25, 0.3) is 0 Å². The summed E-state index contributed by atoms with van der Waals surface area (Å²) in [7, 11) is 0. The zero-order valence-corrected chi connectivity index (χ0v) is 12.2. The molecule has 2 nitrogen and oxygen atoms in total. The molecule has 1 aromatic heterocycles. The maximum atomic E-state index is 6.23. The molecule has 18 heavy (non-hydrogen) atoms. The SMILES string of the molecule is Cc1nc(CC(CN)c2ccccc2Cl)sc1C. The van der Waals surface area contributed by atoms with Gasteiger partial charge in [0.25, 0.3) is 0 Å². The Labute approximate surface area is 117 Å². The summed E-state index contributed by atoms with van der Waals surface area (Å²) >= 11 is 7.98. The van der Waals surface area contributed by atoms with Gasteiger partial charge in [0.2, 0.25) is 0 Å². The number of thiazole rings is 1. The lowest BCUT2D eigenvalue weighted by atomic mass is 9.96. The molecule has 1 unspecified atom stereocenters. The monoisotopic (exact) mass is 280 g/mol. The molecule has 0 radical (unpaired) electrons. The number of nitrogens with zero attached hydrogens (tertiary/aromatic N) is 1. The van der Waals surface area contributed by atoms with E-state index >= 15 is 0 Å². The van der Waals surface area contributed by atoms with Crippen molar-refractivity contribution in [1.29, 1.82) is 0 Å². The van der Waals surface area contributed by atoms with Crippen LogP contribution in [0.1, 0.15) is 27.1 Å². The Hall–Kier alpha value is -0.900. The van der Waals surface area contributed by atoms with Crippen LogP contribution >= 0.6 is 22.9 Å². The second kappa shape index (κ2) is 5.83. The summed E-state index contributed by atoms with van der Waals surface area (Å²) in [6, 6.07) is 7.91. The van der Waals surface area contributed by atoms with Gasteiger partial charge in [-0.05, 0) is 32.0 Å². The summed E-state index contributed by atoms with van der Waals surface area (Å²) in [5.41, 5.74) is 8.12. The number of hydrogen-bond donors (Lipinski definition) is 1. The Bertz CT molecular complexity index is 517. The minimum Gasteiger partial charge on any atom is -0.330 e. The number of halogens is 1. The van der Waals surface area contributed by atoms with Gasteiger partial charge >= 0.3 is 0 Å². The van der Waals surface area contributed by atoms with Gasteiger partial charge in [-0.15, -0.1) is 11.3 Å². The Morgan fingerprint density at radius 1 is 1.33 bits per heavy atom. The first-order chi connectivity index (χ1) is 8.61. The first-order valence-corrected chi connectivity index (χ1v) is 7.18. The van der Waals surface area contributed by atoms with Crippen LogP contribution in [0.15, 0.2) is 24.3 Å². The van der Waals surface area contributed by atoms with E-state index in [2.05, 4.69) is 11.9 Å². The van der Waals surface area contributed by atoms with E-state index in [1.54, 1.807) is 11.3 Å². The number of nitrogens with two attached hydrogens (primary N) is 1. The van der Waals surface area contributed by atoms with Crippen molar-refractivity contribution in [2.45, 2.75) is 26.2 Å². The molecule has 2 N–H and O–H groups in total. The Balaban J connectivity index is 2.22. The molecule has 0 aliphatic rings. The van der Waals surface area contributed by atoms with E-state index in [0.29, 0.717) is 6.54 Å². The lowest BCUT2D eigenvalue weighted by molar-refractivity contribution is 0.690. The molecule has 2 rings (SSSR count). The van der Waals surface area contributed by atoms with E-state index in [4.69, 9.17) is 17.3 Å². The topological polar surface area (TPSA) is 38.9 Å². The first kappa shape index (κ1) is 13.5. The van der Waals surface area contributed by atoms with Gasteiger partial charge in [0.1, 0.15) is 0 Å². The van der Waals surface area contributed by atoms with Crippen molar-refractivity contribution in [3.05, 3.63) is 50.4 Å². The van der Waals surface area contributed by atoms with Crippen molar-refractivity contribution in [2.24, 2.45) is 5.73 Å². The summed E-state index contributed by atoms with van der Waals surface area (Å²) in [5, 5.41) is 1.93. The van der Waals surface area contributed by atoms with E-state index in [0.717, 1.165) is 27.7 Å². The lowest BCUT2D eigenvalue weighted by Gasteiger charge is -2.15. The van der Waals surface area contributed by atoms with E-state index < -0.39 is 0 Å². The van der Waals surface area contributed by atoms with Crippen LogP contribution in [0.4, 0.5) is 0 Å². The third kappa shape index (κ3) is 2.91. The fourth-order valence-corrected chi connectivity index (χ4v) is 3.27. The van der Waals surface area contributed by atoms with Gasteiger partial charge < -0.3 is 5.73 Å². The molecule has 4 heteroatoms. The Kier molecular flexibility index (Phi) is 4.38. The van der Waals surface area contributed by atoms with Crippen LogP contribution in [-0.4, -0.2) is 11.5 Å². The largest absolute Gasteiger partial charge is 0.330 e. The van der Waals surface area contributed by atoms with Gasteiger partial charge in [-0.3, -0.25) is 0 Å². The third-order valence-corrected chi connectivity index (χ3v) is 4.56. The van der Waals surface area contributed by atoms with E-state index in [9.17, 15) is 0 Å². The van der Waals surface area contributed by atoms with Crippen LogP contribution in [0.3, 0.4) is 0 Å². The number of rotatable bonds is 4. The first-order valence-electron chi connectivity index (χ1n) is 5.99. The summed E-state index contributed by atoms with van der Waals surface area (Å²) in [6.07, 6.45) is 0.861. The van der Waals surface area contributed by atoms with Crippen molar-refractivity contribution < 1.29 is 0 Å². The average Bonchev–Trinajstić information content (AvgIpc) is 2.66. The second-order valence-electron chi connectivity index (χ2n) is 4.41. The lowest BCUT2D eigenvalue weighted by Crippen LogP contribution is -2.15. The molecule has 96 valence electrons. The molecule has 0 fully saturated rings. The molecule has 0 saturated carbocycles. The normalized spacial score (nSPS) is 12.7. The highest BCUT2D eigenvalue weighted by Gasteiger charge is 2.16. The highest BCUT2D eigenvalue weighted by Crippen LogP contribution is 2.28. The molecule has 0 spiro atoms. The highest BCUT2D eigenvalue weighted by atomic mass is 35.5. The minimum absolute atomic E-state index is 0.239. The van der Waals surface area contributed by atoms with Crippen LogP contribution < -0.4 is 5.73 Å².